The summed E-state index contributed by atoms with van der Waals surface area (Å²) in [7, 11) is 1.75. The highest BCUT2D eigenvalue weighted by Gasteiger charge is 2.46. The second-order valence-electron chi connectivity index (χ2n) is 3.57. The zero-order valence-corrected chi connectivity index (χ0v) is 9.33. The van der Waals surface area contributed by atoms with Gasteiger partial charge in [-0.05, 0) is 6.92 Å². The average molecular weight is 221 g/mol. The molecule has 2 N–H and O–H groups in total. The molecule has 1 unspecified atom stereocenters. The average Bonchev–Trinajstić information content (AvgIpc) is 2.59. The van der Waals surface area contributed by atoms with Crippen molar-refractivity contribution in [3.8, 4) is 0 Å². The molecule has 2 aliphatic heterocycles. The highest BCUT2D eigenvalue weighted by atomic mass is 16.3. The first-order valence-corrected chi connectivity index (χ1v) is 5.07. The topological polar surface area (TPSA) is 63.5 Å². The maximum atomic E-state index is 10.5. The smallest absolute Gasteiger partial charge is 0.281 e. The van der Waals surface area contributed by atoms with E-state index in [4.69, 9.17) is 0 Å². The van der Waals surface area contributed by atoms with Crippen LogP contribution in [0.15, 0.2) is 34.0 Å². The van der Waals surface area contributed by atoms with Gasteiger partial charge >= 0.3 is 0 Å². The molecule has 16 heavy (non-hydrogen) atoms. The molecule has 0 aliphatic carbocycles. The molecule has 2 heterocycles. The maximum absolute atomic E-state index is 10.5. The number of rotatable bonds is 3. The predicted molar refractivity (Wildman–Crippen MR) is 62.4 cm³/mol. The Morgan fingerprint density at radius 1 is 1.56 bits per heavy atom. The molecule has 1 atom stereocenters. The molecule has 0 fully saturated rings. The number of likely N-dealkylation sites (N-methyl/N-ethyl adjacent to an activating group) is 1. The molecule has 0 saturated heterocycles. The van der Waals surface area contributed by atoms with Crippen molar-refractivity contribution in [1.82, 2.24) is 15.3 Å². The normalized spacial score (nSPS) is 27.8. The van der Waals surface area contributed by atoms with Gasteiger partial charge in [-0.25, -0.2) is 20.4 Å². The summed E-state index contributed by atoms with van der Waals surface area (Å²) in [4.78, 5) is 9.68. The third-order valence-electron chi connectivity index (χ3n) is 2.54. The molecule has 0 aromatic carbocycles. The summed E-state index contributed by atoms with van der Waals surface area (Å²) in [6.45, 7) is 2.57. The van der Waals surface area contributed by atoms with Crippen LogP contribution in [0.1, 0.15) is 6.92 Å². The second-order valence-corrected chi connectivity index (χ2v) is 3.57. The second kappa shape index (κ2) is 4.07. The number of hydrogen-bond acceptors (Lipinski definition) is 6. The molecule has 0 spiro atoms. The number of nitrogens with zero attached hydrogens (tertiary/aromatic N) is 4. The lowest BCUT2D eigenvalue weighted by Crippen LogP contribution is -2.62. The number of nitrogens with one attached hydrogen (secondary N) is 1. The van der Waals surface area contributed by atoms with E-state index in [1.54, 1.807) is 35.8 Å². The molecule has 0 aromatic heterocycles. The molecular formula is C10H15N5O. The maximum Gasteiger partial charge on any atom is 0.281 e. The van der Waals surface area contributed by atoms with Crippen LogP contribution in [-0.2, 0) is 0 Å². The van der Waals surface area contributed by atoms with E-state index < -0.39 is 5.85 Å². The predicted octanol–water partition coefficient (Wildman–Crippen LogP) is -0.128. The molecular weight excluding hydrogens is 206 g/mol. The van der Waals surface area contributed by atoms with Gasteiger partial charge in [0.2, 0.25) is 0 Å². The Labute approximate surface area is 94.3 Å². The van der Waals surface area contributed by atoms with Crippen molar-refractivity contribution >= 4 is 12.7 Å². The standard InChI is InChI=1S/C10H15N5O/c1-3-4-5-13-15-8-12-9-6-11-7-14(2)10(9,15)16/h3-4,6-8,13,16H,5H2,1-2H3/b4-3+. The van der Waals surface area contributed by atoms with Crippen LogP contribution in [-0.4, -0.2) is 47.1 Å². The molecule has 2 rings (SSSR count). The fourth-order valence-electron chi connectivity index (χ4n) is 1.59. The van der Waals surface area contributed by atoms with Crippen LogP contribution in [0.4, 0.5) is 0 Å². The molecule has 0 radical (unpaired) electrons. The van der Waals surface area contributed by atoms with Crippen LogP contribution < -0.4 is 5.43 Å². The van der Waals surface area contributed by atoms with E-state index in [1.807, 2.05) is 19.1 Å². The van der Waals surface area contributed by atoms with Crippen molar-refractivity contribution in [1.29, 1.82) is 0 Å². The number of aliphatic imine (C=N–C) groups is 2. The minimum Gasteiger partial charge on any atom is -0.348 e. The number of aliphatic hydroxyl groups is 1. The lowest BCUT2D eigenvalue weighted by Gasteiger charge is -2.40. The first-order valence-electron chi connectivity index (χ1n) is 5.07. The minimum atomic E-state index is -1.27. The SMILES string of the molecule is C/C=C/CNN1C=NC2=CN=CN(C)C21O. The zero-order valence-electron chi connectivity index (χ0n) is 9.33. The van der Waals surface area contributed by atoms with Gasteiger partial charge in [0.15, 0.2) is 0 Å². The molecule has 0 bridgehead atoms. The number of fused-ring (bicyclic) bond motifs is 1. The quantitative estimate of drug-likeness (QED) is 0.652. The van der Waals surface area contributed by atoms with Crippen molar-refractivity contribution in [3.63, 3.8) is 0 Å². The van der Waals surface area contributed by atoms with Gasteiger partial charge in [0, 0.05) is 13.6 Å². The fraction of sp³-hybridized carbons (Fsp3) is 0.400. The van der Waals surface area contributed by atoms with Gasteiger partial charge in [-0.15, -0.1) is 0 Å². The van der Waals surface area contributed by atoms with Gasteiger partial charge < -0.3 is 10.0 Å². The molecule has 0 saturated carbocycles. The van der Waals surface area contributed by atoms with Crippen LogP contribution in [0.3, 0.4) is 0 Å². The van der Waals surface area contributed by atoms with Crippen molar-refractivity contribution in [2.45, 2.75) is 12.8 Å². The lowest BCUT2D eigenvalue weighted by molar-refractivity contribution is -0.128. The summed E-state index contributed by atoms with van der Waals surface area (Å²) in [5.41, 5.74) is 3.56. The Morgan fingerprint density at radius 3 is 3.12 bits per heavy atom. The van der Waals surface area contributed by atoms with Gasteiger partial charge in [0.1, 0.15) is 12.0 Å². The third-order valence-corrected chi connectivity index (χ3v) is 2.54. The van der Waals surface area contributed by atoms with Crippen molar-refractivity contribution < 1.29 is 5.11 Å². The first kappa shape index (κ1) is 10.8. The van der Waals surface area contributed by atoms with Crippen LogP contribution in [0, 0.1) is 0 Å². The summed E-state index contributed by atoms with van der Waals surface area (Å²) in [5.74, 6) is -1.27. The minimum absolute atomic E-state index is 0.505. The number of allylic oxidation sites excluding steroid dienone is 1. The summed E-state index contributed by atoms with van der Waals surface area (Å²) >= 11 is 0. The number of hydrogen-bond donors (Lipinski definition) is 2. The van der Waals surface area contributed by atoms with Gasteiger partial charge in [0.05, 0.1) is 12.5 Å². The molecule has 0 amide bonds. The van der Waals surface area contributed by atoms with Crippen molar-refractivity contribution in [2.24, 2.45) is 9.98 Å². The van der Waals surface area contributed by atoms with Crippen LogP contribution in [0.5, 0.6) is 0 Å². The Morgan fingerprint density at radius 2 is 2.38 bits per heavy atom. The van der Waals surface area contributed by atoms with E-state index >= 15 is 0 Å². The van der Waals surface area contributed by atoms with E-state index in [1.165, 1.54) is 0 Å². The van der Waals surface area contributed by atoms with Gasteiger partial charge in [-0.1, -0.05) is 12.2 Å². The van der Waals surface area contributed by atoms with Crippen molar-refractivity contribution in [3.05, 3.63) is 24.0 Å². The van der Waals surface area contributed by atoms with E-state index in [2.05, 4.69) is 15.4 Å². The van der Waals surface area contributed by atoms with Crippen LogP contribution >= 0.6 is 0 Å². The largest absolute Gasteiger partial charge is 0.348 e. The Kier molecular flexibility index (Phi) is 2.76. The van der Waals surface area contributed by atoms with E-state index in [0.717, 1.165) is 0 Å². The molecule has 86 valence electrons. The van der Waals surface area contributed by atoms with Crippen LogP contribution in [0.2, 0.25) is 0 Å². The monoisotopic (exact) mass is 221 g/mol. The third kappa shape index (κ3) is 1.52. The Balaban J connectivity index is 2.15. The lowest BCUT2D eigenvalue weighted by atomic mass is 10.2. The highest BCUT2D eigenvalue weighted by Crippen LogP contribution is 2.29. The molecule has 2 aliphatic rings. The summed E-state index contributed by atoms with van der Waals surface area (Å²) in [6.07, 6.45) is 8.56. The summed E-state index contributed by atoms with van der Waals surface area (Å²) in [6, 6.07) is 0. The van der Waals surface area contributed by atoms with Crippen LogP contribution in [0.25, 0.3) is 0 Å². The molecule has 6 heteroatoms. The summed E-state index contributed by atoms with van der Waals surface area (Å²) < 4.78 is 0. The first-order chi connectivity index (χ1) is 7.69. The molecule has 0 aromatic rings. The highest BCUT2D eigenvalue weighted by molar-refractivity contribution is 5.68. The fourth-order valence-corrected chi connectivity index (χ4v) is 1.59. The Bertz CT molecular complexity index is 387. The molecule has 6 nitrogen and oxygen atoms in total. The van der Waals surface area contributed by atoms with Gasteiger partial charge in [-0.2, -0.15) is 0 Å². The van der Waals surface area contributed by atoms with E-state index in [-0.39, 0.29) is 0 Å². The van der Waals surface area contributed by atoms with E-state index in [0.29, 0.717) is 12.2 Å². The van der Waals surface area contributed by atoms with Gasteiger partial charge in [0.25, 0.3) is 5.85 Å². The summed E-state index contributed by atoms with van der Waals surface area (Å²) in [5, 5.41) is 12.1. The number of hydrazine groups is 1. The Hall–Kier alpha value is -1.66. The van der Waals surface area contributed by atoms with Gasteiger partial charge in [-0.3, -0.25) is 0 Å². The zero-order chi connectivity index (χ0) is 11.6. The van der Waals surface area contributed by atoms with E-state index in [9.17, 15) is 5.11 Å². The van der Waals surface area contributed by atoms with Crippen molar-refractivity contribution in [2.75, 3.05) is 13.6 Å².